The molecule has 16 heavy (non-hydrogen) atoms. The van der Waals surface area contributed by atoms with Crippen LogP contribution in [0.1, 0.15) is 5.56 Å². The molecule has 1 aromatic heterocycles. The van der Waals surface area contributed by atoms with Crippen LogP contribution in [-0.2, 0) is 5.88 Å². The molecule has 0 aliphatic heterocycles. The van der Waals surface area contributed by atoms with Crippen LogP contribution in [0.2, 0.25) is 0 Å². The molecule has 4 heteroatoms. The van der Waals surface area contributed by atoms with Crippen molar-refractivity contribution < 1.29 is 4.39 Å². The van der Waals surface area contributed by atoms with Crippen molar-refractivity contribution in [2.24, 2.45) is 0 Å². The lowest BCUT2D eigenvalue weighted by Gasteiger charge is -2.02. The molecule has 0 unspecified atom stereocenters. The monoisotopic (exact) mass is 257 g/mol. The molecule has 0 fully saturated rings. The van der Waals surface area contributed by atoms with Crippen molar-refractivity contribution in [3.05, 3.63) is 54.1 Å². The Hall–Kier alpha value is -1.12. The average Bonchev–Trinajstić information content (AvgIpc) is 2.30. The van der Waals surface area contributed by atoms with Gasteiger partial charge in [0.05, 0.1) is 0 Å². The number of alkyl halides is 1. The first-order valence-corrected chi connectivity index (χ1v) is 5.09. The van der Waals surface area contributed by atoms with Gasteiger partial charge in [0.15, 0.2) is 0 Å². The Morgan fingerprint density at radius 2 is 1.75 bits per heavy atom. The van der Waals surface area contributed by atoms with Gasteiger partial charge in [-0.3, -0.25) is 4.98 Å². The predicted octanol–water partition coefficient (Wildman–Crippen LogP) is 4.05. The molecule has 0 saturated carbocycles. The van der Waals surface area contributed by atoms with Gasteiger partial charge in [-0.15, -0.1) is 24.0 Å². The van der Waals surface area contributed by atoms with Crippen molar-refractivity contribution in [2.75, 3.05) is 0 Å². The number of nitrogens with zero attached hydrogens (tertiary/aromatic N) is 1. The maximum atomic E-state index is 12.7. The zero-order chi connectivity index (χ0) is 10.7. The number of pyridine rings is 1. The predicted molar refractivity (Wildman–Crippen MR) is 66.4 cm³/mol. The summed E-state index contributed by atoms with van der Waals surface area (Å²) in [6.07, 6.45) is 3.46. The van der Waals surface area contributed by atoms with Gasteiger partial charge in [-0.05, 0) is 29.3 Å². The van der Waals surface area contributed by atoms with Crippen molar-refractivity contribution in [3.63, 3.8) is 0 Å². The highest BCUT2D eigenvalue weighted by Gasteiger charge is 1.99. The Morgan fingerprint density at radius 3 is 2.38 bits per heavy atom. The van der Waals surface area contributed by atoms with Gasteiger partial charge in [0, 0.05) is 23.8 Å². The second-order valence-electron chi connectivity index (χ2n) is 3.22. The summed E-state index contributed by atoms with van der Waals surface area (Å²) in [7, 11) is 0. The molecule has 2 rings (SSSR count). The van der Waals surface area contributed by atoms with E-state index in [2.05, 4.69) is 4.98 Å². The van der Waals surface area contributed by atoms with E-state index in [-0.39, 0.29) is 18.2 Å². The van der Waals surface area contributed by atoms with Gasteiger partial charge >= 0.3 is 0 Å². The maximum Gasteiger partial charge on any atom is 0.123 e. The highest BCUT2D eigenvalue weighted by atomic mass is 35.5. The van der Waals surface area contributed by atoms with Crippen LogP contribution >= 0.6 is 24.0 Å². The van der Waals surface area contributed by atoms with Gasteiger partial charge in [-0.2, -0.15) is 0 Å². The summed E-state index contributed by atoms with van der Waals surface area (Å²) in [5, 5.41) is 0. The van der Waals surface area contributed by atoms with Crippen LogP contribution < -0.4 is 0 Å². The van der Waals surface area contributed by atoms with Gasteiger partial charge < -0.3 is 0 Å². The summed E-state index contributed by atoms with van der Waals surface area (Å²) in [4.78, 5) is 4.08. The second kappa shape index (κ2) is 5.83. The van der Waals surface area contributed by atoms with Crippen molar-refractivity contribution in [1.82, 2.24) is 4.98 Å². The lowest BCUT2D eigenvalue weighted by molar-refractivity contribution is 0.628. The molecular weight excluding hydrogens is 248 g/mol. The van der Waals surface area contributed by atoms with Gasteiger partial charge in [0.2, 0.25) is 0 Å². The van der Waals surface area contributed by atoms with Gasteiger partial charge in [0.1, 0.15) is 5.82 Å². The Labute approximate surface area is 105 Å². The van der Waals surface area contributed by atoms with E-state index in [4.69, 9.17) is 11.6 Å². The van der Waals surface area contributed by atoms with Crippen LogP contribution in [-0.4, -0.2) is 4.98 Å². The summed E-state index contributed by atoms with van der Waals surface area (Å²) in [5.74, 6) is 0.197. The standard InChI is InChI=1S/C12H9ClFN.ClH/c13-6-9-5-11(8-15-7-9)10-1-3-12(14)4-2-10;/h1-5,7-8H,6H2;1H. The molecule has 0 radical (unpaired) electrons. The van der Waals surface area contributed by atoms with E-state index < -0.39 is 0 Å². The van der Waals surface area contributed by atoms with Crippen molar-refractivity contribution >= 4 is 24.0 Å². The molecule has 0 atom stereocenters. The van der Waals surface area contributed by atoms with Gasteiger partial charge in [0.25, 0.3) is 0 Å². The largest absolute Gasteiger partial charge is 0.264 e. The first kappa shape index (κ1) is 12.9. The highest BCUT2D eigenvalue weighted by molar-refractivity contribution is 6.17. The number of halogens is 3. The molecule has 2 aromatic rings. The zero-order valence-electron chi connectivity index (χ0n) is 8.36. The van der Waals surface area contributed by atoms with E-state index in [0.717, 1.165) is 16.7 Å². The molecule has 0 saturated heterocycles. The summed E-state index contributed by atoms with van der Waals surface area (Å²) < 4.78 is 12.7. The fraction of sp³-hybridized carbons (Fsp3) is 0.0833. The minimum absolute atomic E-state index is 0. The first-order chi connectivity index (χ1) is 7.29. The molecule has 0 spiro atoms. The number of benzene rings is 1. The fourth-order valence-electron chi connectivity index (χ4n) is 1.36. The topological polar surface area (TPSA) is 12.9 Å². The van der Waals surface area contributed by atoms with Gasteiger partial charge in [-0.1, -0.05) is 12.1 Å². The zero-order valence-corrected chi connectivity index (χ0v) is 9.93. The SMILES string of the molecule is Cl.Fc1ccc(-c2cncc(CCl)c2)cc1. The molecule has 84 valence electrons. The van der Waals surface area contributed by atoms with Gasteiger partial charge in [-0.25, -0.2) is 4.39 Å². The highest BCUT2D eigenvalue weighted by Crippen LogP contribution is 2.20. The average molecular weight is 258 g/mol. The Morgan fingerprint density at radius 1 is 1.06 bits per heavy atom. The normalized spacial score (nSPS) is 9.62. The van der Waals surface area contributed by atoms with Crippen molar-refractivity contribution in [3.8, 4) is 11.1 Å². The third-order valence-corrected chi connectivity index (χ3v) is 2.44. The third kappa shape index (κ3) is 2.94. The quantitative estimate of drug-likeness (QED) is 0.740. The maximum absolute atomic E-state index is 12.7. The smallest absolute Gasteiger partial charge is 0.123 e. The van der Waals surface area contributed by atoms with E-state index in [9.17, 15) is 4.39 Å². The number of rotatable bonds is 2. The molecule has 0 amide bonds. The fourth-order valence-corrected chi connectivity index (χ4v) is 1.51. The van der Waals surface area contributed by atoms with Crippen LogP contribution in [0.5, 0.6) is 0 Å². The van der Waals surface area contributed by atoms with E-state index >= 15 is 0 Å². The van der Waals surface area contributed by atoms with E-state index in [0.29, 0.717) is 5.88 Å². The lowest BCUT2D eigenvalue weighted by atomic mass is 10.1. The molecule has 0 aliphatic carbocycles. The summed E-state index contributed by atoms with van der Waals surface area (Å²) in [6, 6.07) is 8.27. The summed E-state index contributed by atoms with van der Waals surface area (Å²) >= 11 is 5.71. The Balaban J connectivity index is 0.00000128. The van der Waals surface area contributed by atoms with Crippen molar-refractivity contribution in [1.29, 1.82) is 0 Å². The van der Waals surface area contributed by atoms with Crippen LogP contribution in [0.25, 0.3) is 11.1 Å². The van der Waals surface area contributed by atoms with E-state index in [1.165, 1.54) is 12.1 Å². The number of hydrogen-bond donors (Lipinski definition) is 0. The van der Waals surface area contributed by atoms with E-state index in [1.807, 2.05) is 6.07 Å². The van der Waals surface area contributed by atoms with E-state index in [1.54, 1.807) is 24.5 Å². The molecule has 1 nitrogen and oxygen atoms in total. The molecule has 0 bridgehead atoms. The minimum atomic E-state index is -0.236. The Kier molecular flexibility index (Phi) is 4.71. The molecule has 0 aliphatic rings. The first-order valence-electron chi connectivity index (χ1n) is 4.55. The molecular formula is C12H10Cl2FN. The summed E-state index contributed by atoms with van der Waals surface area (Å²) in [5.41, 5.74) is 2.85. The van der Waals surface area contributed by atoms with Crippen LogP contribution in [0.15, 0.2) is 42.7 Å². The number of aromatic nitrogens is 1. The lowest BCUT2D eigenvalue weighted by Crippen LogP contribution is -1.84. The molecule has 0 N–H and O–H groups in total. The van der Waals surface area contributed by atoms with Crippen LogP contribution in [0.4, 0.5) is 4.39 Å². The Bertz CT molecular complexity index is 457. The summed E-state index contributed by atoms with van der Waals surface area (Å²) in [6.45, 7) is 0. The molecule has 1 heterocycles. The third-order valence-electron chi connectivity index (χ3n) is 2.13. The number of hydrogen-bond acceptors (Lipinski definition) is 1. The molecule has 1 aromatic carbocycles. The minimum Gasteiger partial charge on any atom is -0.264 e. The second-order valence-corrected chi connectivity index (χ2v) is 3.49. The van der Waals surface area contributed by atoms with Crippen LogP contribution in [0.3, 0.4) is 0 Å². The van der Waals surface area contributed by atoms with Crippen molar-refractivity contribution in [2.45, 2.75) is 5.88 Å². The van der Waals surface area contributed by atoms with Crippen LogP contribution in [0, 0.1) is 5.82 Å².